The lowest BCUT2D eigenvalue weighted by Gasteiger charge is -2.33. The van der Waals surface area contributed by atoms with Gasteiger partial charge in [0.25, 0.3) is 0 Å². The molecule has 2 atom stereocenters. The summed E-state index contributed by atoms with van der Waals surface area (Å²) in [6.45, 7) is 5.90. The number of rotatable bonds is 3. The smallest absolute Gasteiger partial charge is 0.336 e. The van der Waals surface area contributed by atoms with Gasteiger partial charge in [-0.3, -0.25) is 9.59 Å². The van der Waals surface area contributed by atoms with Crippen LogP contribution in [0.2, 0.25) is 0 Å². The molecule has 2 aromatic rings. The summed E-state index contributed by atoms with van der Waals surface area (Å²) in [4.78, 5) is 34.7. The Morgan fingerprint density at radius 2 is 1.76 bits per heavy atom. The first-order valence-corrected chi connectivity index (χ1v) is 7.79. The van der Waals surface area contributed by atoms with Gasteiger partial charge in [-0.15, -0.1) is 0 Å². The Morgan fingerprint density at radius 1 is 1.08 bits per heavy atom. The Bertz CT molecular complexity index is 909. The van der Waals surface area contributed by atoms with Crippen molar-refractivity contribution in [1.82, 2.24) is 0 Å². The summed E-state index contributed by atoms with van der Waals surface area (Å²) in [7, 11) is 0. The molecule has 0 spiro atoms. The standard InChI is InChI=1S/C18H18O7/c1-9(19)22-16-14-12(23-17(16)18(3,4)25-10(2)20)7-5-11-6-8-13(21)24-15(11)14/h5-8,16-17H,1-4H3. The number of benzene rings is 1. The number of hydrogen-bond acceptors (Lipinski definition) is 7. The van der Waals surface area contributed by atoms with Crippen molar-refractivity contribution < 1.29 is 28.2 Å². The quantitative estimate of drug-likeness (QED) is 0.623. The lowest BCUT2D eigenvalue weighted by molar-refractivity contribution is -0.174. The van der Waals surface area contributed by atoms with E-state index in [0.29, 0.717) is 16.7 Å². The Kier molecular flexibility index (Phi) is 4.02. The largest absolute Gasteiger partial charge is 0.481 e. The molecule has 0 saturated carbocycles. The third-order valence-electron chi connectivity index (χ3n) is 3.99. The molecule has 1 aliphatic heterocycles. The lowest BCUT2D eigenvalue weighted by atomic mass is 9.93. The van der Waals surface area contributed by atoms with E-state index in [1.807, 2.05) is 0 Å². The number of hydrogen-bond donors (Lipinski definition) is 0. The third kappa shape index (κ3) is 3.09. The van der Waals surface area contributed by atoms with E-state index >= 15 is 0 Å². The van der Waals surface area contributed by atoms with Gasteiger partial charge < -0.3 is 18.6 Å². The van der Waals surface area contributed by atoms with Crippen molar-refractivity contribution in [3.8, 4) is 5.75 Å². The maximum atomic E-state index is 11.7. The van der Waals surface area contributed by atoms with Crippen molar-refractivity contribution >= 4 is 22.9 Å². The molecule has 0 radical (unpaired) electrons. The van der Waals surface area contributed by atoms with E-state index in [0.717, 1.165) is 0 Å². The van der Waals surface area contributed by atoms with Crippen molar-refractivity contribution in [2.45, 2.75) is 45.5 Å². The number of carbonyl (C=O) groups excluding carboxylic acids is 2. The molecule has 7 nitrogen and oxygen atoms in total. The van der Waals surface area contributed by atoms with Crippen molar-refractivity contribution in [3.05, 3.63) is 40.2 Å². The van der Waals surface area contributed by atoms with Crippen LogP contribution in [0.4, 0.5) is 0 Å². The number of esters is 2. The van der Waals surface area contributed by atoms with E-state index in [2.05, 4.69) is 0 Å². The minimum Gasteiger partial charge on any atom is -0.481 e. The Morgan fingerprint density at radius 3 is 2.40 bits per heavy atom. The van der Waals surface area contributed by atoms with Crippen LogP contribution >= 0.6 is 0 Å². The first-order valence-electron chi connectivity index (χ1n) is 7.79. The van der Waals surface area contributed by atoms with E-state index in [1.165, 1.54) is 19.9 Å². The van der Waals surface area contributed by atoms with Crippen LogP contribution in [0.15, 0.2) is 33.5 Å². The first kappa shape index (κ1) is 17.0. The molecule has 0 N–H and O–H groups in total. The van der Waals surface area contributed by atoms with Crippen LogP contribution in [-0.4, -0.2) is 23.6 Å². The zero-order chi connectivity index (χ0) is 18.4. The average molecular weight is 346 g/mol. The Labute approximate surface area is 143 Å². The van der Waals surface area contributed by atoms with Crippen LogP contribution in [-0.2, 0) is 19.1 Å². The minimum atomic E-state index is -1.08. The molecule has 0 fully saturated rings. The second-order valence-electron chi connectivity index (χ2n) is 6.42. The molecule has 0 saturated heterocycles. The highest BCUT2D eigenvalue weighted by molar-refractivity contribution is 5.83. The predicted molar refractivity (Wildman–Crippen MR) is 87.3 cm³/mol. The van der Waals surface area contributed by atoms with Gasteiger partial charge in [-0.25, -0.2) is 4.79 Å². The number of ether oxygens (including phenoxy) is 3. The van der Waals surface area contributed by atoms with Gasteiger partial charge >= 0.3 is 17.6 Å². The van der Waals surface area contributed by atoms with Gasteiger partial charge in [-0.2, -0.15) is 0 Å². The topological polar surface area (TPSA) is 92.0 Å². The maximum absolute atomic E-state index is 11.7. The molecule has 7 heteroatoms. The molecule has 25 heavy (non-hydrogen) atoms. The predicted octanol–water partition coefficient (Wildman–Crippen LogP) is 2.50. The van der Waals surface area contributed by atoms with Gasteiger partial charge in [0, 0.05) is 25.3 Å². The highest BCUT2D eigenvalue weighted by Crippen LogP contribution is 2.47. The molecule has 1 aromatic heterocycles. The van der Waals surface area contributed by atoms with E-state index in [1.54, 1.807) is 32.0 Å². The van der Waals surface area contributed by atoms with E-state index in [-0.39, 0.29) is 5.58 Å². The zero-order valence-electron chi connectivity index (χ0n) is 14.3. The second-order valence-corrected chi connectivity index (χ2v) is 6.42. The summed E-state index contributed by atoms with van der Waals surface area (Å²) < 4.78 is 22.0. The van der Waals surface area contributed by atoms with Gasteiger partial charge in [0.1, 0.15) is 16.9 Å². The fraction of sp³-hybridized carbons (Fsp3) is 0.389. The van der Waals surface area contributed by atoms with Crippen LogP contribution in [0.3, 0.4) is 0 Å². The molecule has 1 aromatic carbocycles. The minimum absolute atomic E-state index is 0.289. The summed E-state index contributed by atoms with van der Waals surface area (Å²) in [5.41, 5.74) is -0.856. The average Bonchev–Trinajstić information content (AvgIpc) is 2.85. The fourth-order valence-electron chi connectivity index (χ4n) is 3.09. The summed E-state index contributed by atoms with van der Waals surface area (Å²) in [6.07, 6.45) is -1.66. The van der Waals surface area contributed by atoms with Gasteiger partial charge in [-0.1, -0.05) is 0 Å². The van der Waals surface area contributed by atoms with Crippen molar-refractivity contribution in [2.24, 2.45) is 0 Å². The Balaban J connectivity index is 2.16. The molecule has 0 aliphatic carbocycles. The second kappa shape index (κ2) is 5.91. The third-order valence-corrected chi connectivity index (χ3v) is 3.99. The van der Waals surface area contributed by atoms with Gasteiger partial charge in [0.15, 0.2) is 12.2 Å². The highest BCUT2D eigenvalue weighted by Gasteiger charge is 2.49. The van der Waals surface area contributed by atoms with Crippen molar-refractivity contribution in [3.63, 3.8) is 0 Å². The molecule has 3 rings (SSSR count). The maximum Gasteiger partial charge on any atom is 0.336 e. The van der Waals surface area contributed by atoms with Crippen molar-refractivity contribution in [1.29, 1.82) is 0 Å². The molecule has 132 valence electrons. The molecule has 2 unspecified atom stereocenters. The van der Waals surface area contributed by atoms with E-state index in [9.17, 15) is 14.4 Å². The number of carbonyl (C=O) groups is 2. The highest BCUT2D eigenvalue weighted by atomic mass is 16.6. The fourth-order valence-corrected chi connectivity index (χ4v) is 3.09. The molecular weight excluding hydrogens is 328 g/mol. The molecule has 0 amide bonds. The molecule has 1 aliphatic rings. The molecule has 0 bridgehead atoms. The van der Waals surface area contributed by atoms with Crippen LogP contribution in [0.25, 0.3) is 11.0 Å². The van der Waals surface area contributed by atoms with Gasteiger partial charge in [0.2, 0.25) is 0 Å². The Hall–Kier alpha value is -2.83. The number of fused-ring (bicyclic) bond motifs is 3. The summed E-state index contributed by atoms with van der Waals surface area (Å²) in [6, 6.07) is 6.38. The van der Waals surface area contributed by atoms with E-state index in [4.69, 9.17) is 18.6 Å². The normalized spacial score (nSPS) is 19.2. The van der Waals surface area contributed by atoms with Crippen LogP contribution < -0.4 is 10.4 Å². The monoisotopic (exact) mass is 346 g/mol. The summed E-state index contributed by atoms with van der Waals surface area (Å²) in [5, 5.41) is 0.671. The van der Waals surface area contributed by atoms with Gasteiger partial charge in [0.05, 0.1) is 5.56 Å². The van der Waals surface area contributed by atoms with Crippen LogP contribution in [0, 0.1) is 0 Å². The van der Waals surface area contributed by atoms with Crippen LogP contribution in [0.1, 0.15) is 39.4 Å². The summed E-state index contributed by atoms with van der Waals surface area (Å²) in [5.74, 6) is -0.596. The summed E-state index contributed by atoms with van der Waals surface area (Å²) >= 11 is 0. The van der Waals surface area contributed by atoms with Crippen LogP contribution in [0.5, 0.6) is 5.75 Å². The SMILES string of the molecule is CC(=O)OC1c2c(ccc3ccc(=O)oc23)OC1C(C)(C)OC(C)=O. The molecule has 2 heterocycles. The van der Waals surface area contributed by atoms with Gasteiger partial charge in [-0.05, 0) is 32.0 Å². The first-order chi connectivity index (χ1) is 11.7. The van der Waals surface area contributed by atoms with E-state index < -0.39 is 35.4 Å². The zero-order valence-corrected chi connectivity index (χ0v) is 14.3. The lowest BCUT2D eigenvalue weighted by Crippen LogP contribution is -2.46. The van der Waals surface area contributed by atoms with Crippen molar-refractivity contribution in [2.75, 3.05) is 0 Å². The molecular formula is C18H18O7.